The van der Waals surface area contributed by atoms with Crippen molar-refractivity contribution in [3.63, 3.8) is 0 Å². The van der Waals surface area contributed by atoms with Crippen molar-refractivity contribution in [3.05, 3.63) is 51.9 Å². The van der Waals surface area contributed by atoms with Gasteiger partial charge in [-0.15, -0.1) is 0 Å². The van der Waals surface area contributed by atoms with E-state index < -0.39 is 5.97 Å². The zero-order chi connectivity index (χ0) is 17.7. The number of aryl methyl sites for hydroxylation is 2. The van der Waals surface area contributed by atoms with Gasteiger partial charge in [0.15, 0.2) is 0 Å². The van der Waals surface area contributed by atoms with Crippen molar-refractivity contribution in [2.75, 3.05) is 6.54 Å². The number of hydrogen-bond donors (Lipinski definition) is 1. The van der Waals surface area contributed by atoms with Gasteiger partial charge in [0.2, 0.25) is 5.91 Å². The van der Waals surface area contributed by atoms with Crippen LogP contribution < -0.4 is 0 Å². The second-order valence-electron chi connectivity index (χ2n) is 5.57. The van der Waals surface area contributed by atoms with Crippen LogP contribution in [0.5, 0.6) is 0 Å². The van der Waals surface area contributed by atoms with Gasteiger partial charge in [0, 0.05) is 23.6 Å². The Labute approximate surface area is 145 Å². The summed E-state index contributed by atoms with van der Waals surface area (Å²) in [6.07, 6.45) is 0.667. The molecule has 0 saturated heterocycles. The maximum absolute atomic E-state index is 12.5. The van der Waals surface area contributed by atoms with Crippen molar-refractivity contribution in [1.29, 1.82) is 0 Å². The molecule has 0 aliphatic heterocycles. The summed E-state index contributed by atoms with van der Waals surface area (Å²) in [5.74, 6) is -0.593. The monoisotopic (exact) mass is 350 g/mol. The summed E-state index contributed by atoms with van der Waals surface area (Å²) in [6, 6.07) is 6.98. The van der Waals surface area contributed by atoms with Crippen LogP contribution in [-0.2, 0) is 22.6 Å². The number of aromatic nitrogens is 1. The minimum absolute atomic E-state index is 0.198. The first-order valence-corrected chi connectivity index (χ1v) is 7.90. The van der Waals surface area contributed by atoms with Crippen LogP contribution in [0.1, 0.15) is 29.0 Å². The zero-order valence-corrected chi connectivity index (χ0v) is 14.3. The van der Waals surface area contributed by atoms with Crippen LogP contribution >= 0.6 is 11.6 Å². The smallest absolute Gasteiger partial charge is 0.323 e. The Morgan fingerprint density at radius 3 is 2.46 bits per heavy atom. The van der Waals surface area contributed by atoms with Crippen LogP contribution in [0.25, 0.3) is 0 Å². The molecular weight excluding hydrogens is 332 g/mol. The molecule has 0 radical (unpaired) electrons. The summed E-state index contributed by atoms with van der Waals surface area (Å²) in [5, 5.41) is 13.5. The van der Waals surface area contributed by atoms with Crippen LogP contribution in [-0.4, -0.2) is 33.6 Å². The zero-order valence-electron chi connectivity index (χ0n) is 13.6. The number of hydrogen-bond acceptors (Lipinski definition) is 4. The van der Waals surface area contributed by atoms with Gasteiger partial charge in [-0.25, -0.2) is 0 Å². The van der Waals surface area contributed by atoms with Crippen molar-refractivity contribution < 1.29 is 19.2 Å². The van der Waals surface area contributed by atoms with E-state index in [1.54, 1.807) is 31.2 Å². The number of carbonyl (C=O) groups is 2. The standard InChI is InChI=1S/C17H19ClN2O4/c1-11-15(12(2)24-19-11)7-8-16(21)20(10-17(22)23)9-13-3-5-14(18)6-4-13/h3-6H,7-10H2,1-2H3,(H,22,23). The summed E-state index contributed by atoms with van der Waals surface area (Å²) in [7, 11) is 0. The number of carboxylic acids is 1. The second kappa shape index (κ2) is 7.97. The first-order valence-electron chi connectivity index (χ1n) is 7.52. The summed E-state index contributed by atoms with van der Waals surface area (Å²) < 4.78 is 5.08. The molecule has 1 amide bonds. The number of carbonyl (C=O) groups excluding carboxylic acids is 1. The van der Waals surface area contributed by atoms with Gasteiger partial charge < -0.3 is 14.5 Å². The Hall–Kier alpha value is -2.34. The molecule has 0 spiro atoms. The first kappa shape index (κ1) is 18.0. The third kappa shape index (κ3) is 4.83. The van der Waals surface area contributed by atoms with Gasteiger partial charge in [-0.05, 0) is 38.0 Å². The van der Waals surface area contributed by atoms with E-state index in [0.29, 0.717) is 17.2 Å². The predicted molar refractivity (Wildman–Crippen MR) is 88.8 cm³/mol. The Morgan fingerprint density at radius 1 is 1.25 bits per heavy atom. The average molecular weight is 351 g/mol. The van der Waals surface area contributed by atoms with Crippen molar-refractivity contribution in [2.45, 2.75) is 33.2 Å². The molecule has 0 unspecified atom stereocenters. The SMILES string of the molecule is Cc1noc(C)c1CCC(=O)N(CC(=O)O)Cc1ccc(Cl)cc1. The molecule has 1 heterocycles. The molecule has 0 aliphatic carbocycles. The molecule has 2 rings (SSSR count). The summed E-state index contributed by atoms with van der Waals surface area (Å²) in [5.41, 5.74) is 2.47. The number of nitrogens with zero attached hydrogens (tertiary/aromatic N) is 2. The van der Waals surface area contributed by atoms with Crippen molar-refractivity contribution >= 4 is 23.5 Å². The lowest BCUT2D eigenvalue weighted by Gasteiger charge is -2.21. The fourth-order valence-electron chi connectivity index (χ4n) is 2.45. The van der Waals surface area contributed by atoms with E-state index >= 15 is 0 Å². The van der Waals surface area contributed by atoms with E-state index in [0.717, 1.165) is 16.8 Å². The molecule has 0 saturated carbocycles. The number of carboxylic acid groups (broad SMARTS) is 1. The van der Waals surface area contributed by atoms with Gasteiger partial charge >= 0.3 is 5.97 Å². The van der Waals surface area contributed by atoms with E-state index in [1.165, 1.54) is 4.90 Å². The Bertz CT molecular complexity index is 705. The predicted octanol–water partition coefficient (Wildman–Crippen LogP) is 2.99. The summed E-state index contributed by atoms with van der Waals surface area (Å²) in [6.45, 7) is 3.49. The Morgan fingerprint density at radius 2 is 1.92 bits per heavy atom. The van der Waals surface area contributed by atoms with E-state index in [9.17, 15) is 9.59 Å². The first-order chi connectivity index (χ1) is 11.4. The molecule has 0 aliphatic rings. The van der Waals surface area contributed by atoms with Gasteiger partial charge in [-0.2, -0.15) is 0 Å². The number of rotatable bonds is 7. The normalized spacial score (nSPS) is 10.6. The van der Waals surface area contributed by atoms with Gasteiger partial charge in [-0.3, -0.25) is 9.59 Å². The summed E-state index contributed by atoms with van der Waals surface area (Å²) in [4.78, 5) is 24.8. The van der Waals surface area contributed by atoms with Crippen LogP contribution in [0.2, 0.25) is 5.02 Å². The molecular formula is C17H19ClN2O4. The average Bonchev–Trinajstić information content (AvgIpc) is 2.84. The van der Waals surface area contributed by atoms with Gasteiger partial charge in [-0.1, -0.05) is 28.9 Å². The van der Waals surface area contributed by atoms with Crippen LogP contribution in [0, 0.1) is 13.8 Å². The molecule has 1 N–H and O–H groups in total. The molecule has 0 bridgehead atoms. The van der Waals surface area contributed by atoms with Gasteiger partial charge in [0.1, 0.15) is 12.3 Å². The maximum Gasteiger partial charge on any atom is 0.323 e. The highest BCUT2D eigenvalue weighted by Crippen LogP contribution is 2.16. The third-order valence-electron chi connectivity index (χ3n) is 3.74. The lowest BCUT2D eigenvalue weighted by molar-refractivity contribution is -0.144. The minimum atomic E-state index is -1.05. The molecule has 1 aromatic heterocycles. The highest BCUT2D eigenvalue weighted by Gasteiger charge is 2.19. The Kier molecular flexibility index (Phi) is 5.98. The molecule has 6 nitrogen and oxygen atoms in total. The highest BCUT2D eigenvalue weighted by atomic mass is 35.5. The van der Waals surface area contributed by atoms with E-state index in [4.69, 9.17) is 21.2 Å². The number of benzene rings is 1. The molecule has 0 atom stereocenters. The fourth-order valence-corrected chi connectivity index (χ4v) is 2.58. The van der Waals surface area contributed by atoms with Crippen molar-refractivity contribution in [2.24, 2.45) is 0 Å². The van der Waals surface area contributed by atoms with E-state index in [-0.39, 0.29) is 25.4 Å². The molecule has 7 heteroatoms. The molecule has 0 fully saturated rings. The molecule has 1 aromatic carbocycles. The Balaban J connectivity index is 2.04. The largest absolute Gasteiger partial charge is 0.480 e. The van der Waals surface area contributed by atoms with E-state index in [2.05, 4.69) is 5.16 Å². The van der Waals surface area contributed by atoms with Gasteiger partial charge in [0.25, 0.3) is 0 Å². The minimum Gasteiger partial charge on any atom is -0.480 e. The number of aliphatic carboxylic acids is 1. The lowest BCUT2D eigenvalue weighted by Crippen LogP contribution is -2.35. The van der Waals surface area contributed by atoms with Crippen LogP contribution in [0.15, 0.2) is 28.8 Å². The molecule has 128 valence electrons. The van der Waals surface area contributed by atoms with Crippen molar-refractivity contribution in [1.82, 2.24) is 10.1 Å². The summed E-state index contributed by atoms with van der Waals surface area (Å²) >= 11 is 5.84. The van der Waals surface area contributed by atoms with E-state index in [1.807, 2.05) is 6.92 Å². The lowest BCUT2D eigenvalue weighted by atomic mass is 10.1. The topological polar surface area (TPSA) is 83.6 Å². The van der Waals surface area contributed by atoms with Gasteiger partial charge in [0.05, 0.1) is 5.69 Å². The number of halogens is 1. The van der Waals surface area contributed by atoms with Crippen molar-refractivity contribution in [3.8, 4) is 0 Å². The molecule has 2 aromatic rings. The van der Waals surface area contributed by atoms with Crippen LogP contribution in [0.4, 0.5) is 0 Å². The fraction of sp³-hybridized carbons (Fsp3) is 0.353. The van der Waals surface area contributed by atoms with Crippen LogP contribution in [0.3, 0.4) is 0 Å². The molecule has 24 heavy (non-hydrogen) atoms. The second-order valence-corrected chi connectivity index (χ2v) is 6.01. The third-order valence-corrected chi connectivity index (χ3v) is 3.99. The quantitative estimate of drug-likeness (QED) is 0.829. The number of amides is 1. The highest BCUT2D eigenvalue weighted by molar-refractivity contribution is 6.30. The maximum atomic E-state index is 12.5.